The number of nitrogens with zero attached hydrogens (tertiary/aromatic N) is 3. The highest BCUT2D eigenvalue weighted by Gasteiger charge is 2.32. The topological polar surface area (TPSA) is 70.8 Å². The summed E-state index contributed by atoms with van der Waals surface area (Å²) in [6.45, 7) is 5.76. The standard InChI is InChI=1S/C19H23N5/c1-13-17-7-14(9-21-19(17)23-22-13)10-24-11-16(8-20)18(12-24)15-5-3-2-4-6-15/h2-7,9,16,18H,8,10-12,20H2,1H3,(H,21,22,23)/t16-,18+/m1/s1. The van der Waals surface area contributed by atoms with E-state index in [0.717, 1.165) is 42.9 Å². The van der Waals surface area contributed by atoms with Crippen molar-refractivity contribution in [1.82, 2.24) is 20.1 Å². The monoisotopic (exact) mass is 321 g/mol. The zero-order chi connectivity index (χ0) is 16.5. The van der Waals surface area contributed by atoms with Crippen LogP contribution in [0.25, 0.3) is 11.0 Å². The zero-order valence-corrected chi connectivity index (χ0v) is 13.9. The van der Waals surface area contributed by atoms with Crippen LogP contribution in [0.1, 0.15) is 22.7 Å². The van der Waals surface area contributed by atoms with Gasteiger partial charge in [0.15, 0.2) is 5.65 Å². The molecule has 3 aromatic rings. The minimum absolute atomic E-state index is 0.514. The van der Waals surface area contributed by atoms with E-state index in [2.05, 4.69) is 56.5 Å². The van der Waals surface area contributed by atoms with Crippen LogP contribution >= 0.6 is 0 Å². The fourth-order valence-electron chi connectivity index (χ4n) is 3.81. The highest BCUT2D eigenvalue weighted by molar-refractivity contribution is 5.77. The van der Waals surface area contributed by atoms with Crippen LogP contribution in [0.2, 0.25) is 0 Å². The number of pyridine rings is 1. The predicted octanol–water partition coefficient (Wildman–Crippen LogP) is 2.44. The van der Waals surface area contributed by atoms with E-state index >= 15 is 0 Å². The highest BCUT2D eigenvalue weighted by Crippen LogP contribution is 2.32. The van der Waals surface area contributed by atoms with Crippen LogP contribution < -0.4 is 5.73 Å². The summed E-state index contributed by atoms with van der Waals surface area (Å²) in [5, 5.41) is 8.31. The van der Waals surface area contributed by atoms with E-state index in [4.69, 9.17) is 5.73 Å². The maximum atomic E-state index is 6.05. The number of nitrogens with two attached hydrogens (primary N) is 1. The Morgan fingerprint density at radius 2 is 2.08 bits per heavy atom. The molecule has 5 heteroatoms. The van der Waals surface area contributed by atoms with Crippen LogP contribution in [0.3, 0.4) is 0 Å². The van der Waals surface area contributed by atoms with Crippen LogP contribution in [0.5, 0.6) is 0 Å². The Bertz CT molecular complexity index is 826. The summed E-state index contributed by atoms with van der Waals surface area (Å²) < 4.78 is 0. The Hall–Kier alpha value is -2.24. The first kappa shape index (κ1) is 15.3. The molecule has 1 fully saturated rings. The molecule has 2 aromatic heterocycles. The SMILES string of the molecule is Cc1[nH]nc2ncc(CN3C[C@@H](CN)[C@H](c4ccccc4)C3)cc12. The van der Waals surface area contributed by atoms with Gasteiger partial charge in [-0.05, 0) is 36.6 Å². The lowest BCUT2D eigenvalue weighted by molar-refractivity contribution is 0.316. The lowest BCUT2D eigenvalue weighted by atomic mass is 9.89. The molecular formula is C19H23N5. The van der Waals surface area contributed by atoms with Gasteiger partial charge in [-0.2, -0.15) is 5.10 Å². The van der Waals surface area contributed by atoms with Crippen molar-refractivity contribution in [3.63, 3.8) is 0 Å². The average molecular weight is 321 g/mol. The third kappa shape index (κ3) is 2.81. The number of rotatable bonds is 4. The predicted molar refractivity (Wildman–Crippen MR) is 95.6 cm³/mol. The number of likely N-dealkylation sites (tertiary alicyclic amines) is 1. The van der Waals surface area contributed by atoms with E-state index in [9.17, 15) is 0 Å². The Kier molecular flexibility index (Phi) is 4.04. The zero-order valence-electron chi connectivity index (χ0n) is 13.9. The molecule has 0 saturated carbocycles. The smallest absolute Gasteiger partial charge is 0.181 e. The van der Waals surface area contributed by atoms with E-state index in [1.54, 1.807) is 0 Å². The van der Waals surface area contributed by atoms with Gasteiger partial charge in [-0.3, -0.25) is 10.00 Å². The summed E-state index contributed by atoms with van der Waals surface area (Å²) in [6, 6.07) is 12.9. The van der Waals surface area contributed by atoms with Gasteiger partial charge in [0.1, 0.15) is 0 Å². The third-order valence-corrected chi connectivity index (χ3v) is 5.11. The van der Waals surface area contributed by atoms with Crippen molar-refractivity contribution in [3.8, 4) is 0 Å². The molecule has 5 nitrogen and oxygen atoms in total. The molecule has 0 spiro atoms. The molecule has 0 radical (unpaired) electrons. The van der Waals surface area contributed by atoms with Gasteiger partial charge in [0.25, 0.3) is 0 Å². The van der Waals surface area contributed by atoms with Gasteiger partial charge in [0.2, 0.25) is 0 Å². The van der Waals surface area contributed by atoms with Crippen LogP contribution in [-0.4, -0.2) is 39.7 Å². The van der Waals surface area contributed by atoms with Crippen molar-refractivity contribution in [2.24, 2.45) is 11.7 Å². The summed E-state index contributed by atoms with van der Waals surface area (Å²) in [6.07, 6.45) is 1.94. The number of nitrogens with one attached hydrogen (secondary N) is 1. The summed E-state index contributed by atoms with van der Waals surface area (Å²) in [7, 11) is 0. The third-order valence-electron chi connectivity index (χ3n) is 5.11. The molecule has 0 amide bonds. The average Bonchev–Trinajstić information content (AvgIpc) is 3.20. The molecule has 1 saturated heterocycles. The Morgan fingerprint density at radius 3 is 2.88 bits per heavy atom. The number of aromatic amines is 1. The maximum absolute atomic E-state index is 6.05. The van der Waals surface area contributed by atoms with E-state index in [-0.39, 0.29) is 0 Å². The summed E-state index contributed by atoms with van der Waals surface area (Å²) in [4.78, 5) is 6.96. The molecule has 3 heterocycles. The Morgan fingerprint density at radius 1 is 1.25 bits per heavy atom. The number of H-pyrrole nitrogens is 1. The van der Waals surface area contributed by atoms with Crippen LogP contribution in [0.15, 0.2) is 42.6 Å². The fraction of sp³-hybridized carbons (Fsp3) is 0.368. The van der Waals surface area contributed by atoms with Crippen molar-refractivity contribution < 1.29 is 0 Å². The van der Waals surface area contributed by atoms with Gasteiger partial charge in [0, 0.05) is 42.8 Å². The van der Waals surface area contributed by atoms with Gasteiger partial charge < -0.3 is 5.73 Å². The summed E-state index contributed by atoms with van der Waals surface area (Å²) in [5.74, 6) is 1.03. The van der Waals surface area contributed by atoms with Crippen LogP contribution in [0.4, 0.5) is 0 Å². The van der Waals surface area contributed by atoms with Gasteiger partial charge in [-0.1, -0.05) is 30.3 Å². The number of hydrogen-bond donors (Lipinski definition) is 2. The second-order valence-electron chi connectivity index (χ2n) is 6.77. The number of fused-ring (bicyclic) bond motifs is 1. The Labute approximate surface area is 141 Å². The van der Waals surface area contributed by atoms with E-state index in [0.29, 0.717) is 11.8 Å². The summed E-state index contributed by atoms with van der Waals surface area (Å²) in [5.41, 5.74) is 10.5. The van der Waals surface area contributed by atoms with Crippen LogP contribution in [-0.2, 0) is 6.54 Å². The molecule has 124 valence electrons. The molecule has 24 heavy (non-hydrogen) atoms. The number of hydrogen-bond acceptors (Lipinski definition) is 4. The lowest BCUT2D eigenvalue weighted by Gasteiger charge is -2.16. The van der Waals surface area contributed by atoms with Gasteiger partial charge in [-0.25, -0.2) is 4.98 Å². The van der Waals surface area contributed by atoms with Crippen molar-refractivity contribution >= 4 is 11.0 Å². The molecule has 1 aliphatic rings. The first-order valence-corrected chi connectivity index (χ1v) is 8.51. The second-order valence-corrected chi connectivity index (χ2v) is 6.77. The number of aromatic nitrogens is 3. The minimum Gasteiger partial charge on any atom is -0.330 e. The highest BCUT2D eigenvalue weighted by atomic mass is 15.2. The molecular weight excluding hydrogens is 298 g/mol. The first-order valence-electron chi connectivity index (χ1n) is 8.51. The number of benzene rings is 1. The van der Waals surface area contributed by atoms with Crippen molar-refractivity contribution in [2.45, 2.75) is 19.4 Å². The summed E-state index contributed by atoms with van der Waals surface area (Å²) >= 11 is 0. The largest absolute Gasteiger partial charge is 0.330 e. The van der Waals surface area contributed by atoms with Crippen molar-refractivity contribution in [2.75, 3.05) is 19.6 Å². The van der Waals surface area contributed by atoms with E-state index < -0.39 is 0 Å². The Balaban J connectivity index is 1.53. The molecule has 1 aliphatic heterocycles. The lowest BCUT2D eigenvalue weighted by Crippen LogP contribution is -2.23. The van der Waals surface area contributed by atoms with Crippen LogP contribution in [0, 0.1) is 12.8 Å². The second kappa shape index (κ2) is 6.34. The van der Waals surface area contributed by atoms with Crippen molar-refractivity contribution in [3.05, 3.63) is 59.4 Å². The van der Waals surface area contributed by atoms with E-state index in [1.807, 2.05) is 13.1 Å². The molecule has 1 aromatic carbocycles. The van der Waals surface area contributed by atoms with E-state index in [1.165, 1.54) is 11.1 Å². The van der Waals surface area contributed by atoms with Gasteiger partial charge in [-0.15, -0.1) is 0 Å². The maximum Gasteiger partial charge on any atom is 0.181 e. The normalized spacial score (nSPS) is 21.6. The molecule has 0 aliphatic carbocycles. The molecule has 2 atom stereocenters. The molecule has 4 rings (SSSR count). The minimum atomic E-state index is 0.514. The molecule has 0 bridgehead atoms. The van der Waals surface area contributed by atoms with Crippen molar-refractivity contribution in [1.29, 1.82) is 0 Å². The number of aryl methyl sites for hydroxylation is 1. The fourth-order valence-corrected chi connectivity index (χ4v) is 3.81. The van der Waals surface area contributed by atoms with Gasteiger partial charge >= 0.3 is 0 Å². The van der Waals surface area contributed by atoms with Gasteiger partial charge in [0.05, 0.1) is 0 Å². The first-order chi connectivity index (χ1) is 11.7. The molecule has 0 unspecified atom stereocenters. The molecule has 3 N–H and O–H groups in total. The quantitative estimate of drug-likeness (QED) is 0.774.